The number of alkyl halides is 1. The first kappa shape index (κ1) is 9.96. The molecule has 17 heavy (non-hydrogen) atoms. The molecule has 0 fully saturated rings. The van der Waals surface area contributed by atoms with Crippen LogP contribution in [-0.2, 0) is 6.67 Å². The van der Waals surface area contributed by atoms with Crippen LogP contribution in [0.25, 0.3) is 16.6 Å². The van der Waals surface area contributed by atoms with Gasteiger partial charge in [0.05, 0.1) is 23.6 Å². The summed E-state index contributed by atoms with van der Waals surface area (Å²) in [5.41, 5.74) is 2.43. The molecule has 0 bridgehead atoms. The lowest BCUT2D eigenvalue weighted by Crippen LogP contribution is -1.96. The summed E-state index contributed by atoms with van der Waals surface area (Å²) in [6, 6.07) is 9.31. The van der Waals surface area contributed by atoms with Crippen LogP contribution in [-0.4, -0.2) is 14.8 Å². The smallest absolute Gasteiger partial charge is 0.115 e. The number of rotatable bonds is 2. The summed E-state index contributed by atoms with van der Waals surface area (Å²) in [5, 5.41) is 5.13. The van der Waals surface area contributed by atoms with Gasteiger partial charge in [-0.25, -0.2) is 9.07 Å². The van der Waals surface area contributed by atoms with Crippen LogP contribution in [0.4, 0.5) is 4.39 Å². The van der Waals surface area contributed by atoms with Crippen LogP contribution < -0.4 is 0 Å². The van der Waals surface area contributed by atoms with E-state index < -0.39 is 6.67 Å². The minimum atomic E-state index is -0.476. The third-order valence-corrected chi connectivity index (χ3v) is 2.74. The van der Waals surface area contributed by atoms with E-state index in [1.54, 1.807) is 29.3 Å². The highest BCUT2D eigenvalue weighted by atomic mass is 19.1. The van der Waals surface area contributed by atoms with E-state index in [0.29, 0.717) is 5.56 Å². The van der Waals surface area contributed by atoms with Gasteiger partial charge >= 0.3 is 0 Å². The van der Waals surface area contributed by atoms with Crippen molar-refractivity contribution in [3.8, 4) is 5.69 Å². The molecule has 1 aromatic carbocycles. The van der Waals surface area contributed by atoms with Crippen LogP contribution in [0.3, 0.4) is 0 Å². The van der Waals surface area contributed by atoms with Crippen molar-refractivity contribution in [2.45, 2.75) is 6.67 Å². The zero-order valence-electron chi connectivity index (χ0n) is 9.05. The van der Waals surface area contributed by atoms with Crippen LogP contribution in [0.15, 0.2) is 48.9 Å². The van der Waals surface area contributed by atoms with Gasteiger partial charge in [-0.2, -0.15) is 5.10 Å². The van der Waals surface area contributed by atoms with Gasteiger partial charge in [0.15, 0.2) is 0 Å². The van der Waals surface area contributed by atoms with E-state index in [9.17, 15) is 4.39 Å². The highest BCUT2D eigenvalue weighted by Gasteiger charge is 2.07. The molecule has 0 aliphatic carbocycles. The predicted molar refractivity (Wildman–Crippen MR) is 63.7 cm³/mol. The van der Waals surface area contributed by atoms with Gasteiger partial charge in [0.1, 0.15) is 6.67 Å². The number of hydrogen-bond acceptors (Lipinski definition) is 2. The van der Waals surface area contributed by atoms with Gasteiger partial charge in [-0.3, -0.25) is 4.98 Å². The highest BCUT2D eigenvalue weighted by molar-refractivity contribution is 5.83. The average molecular weight is 227 g/mol. The Bertz CT molecular complexity index is 646. The van der Waals surface area contributed by atoms with Crippen molar-refractivity contribution in [2.75, 3.05) is 0 Å². The SMILES string of the molecule is FCc1cccc2c1cnn2-c1cccnc1. The van der Waals surface area contributed by atoms with Crippen molar-refractivity contribution in [1.82, 2.24) is 14.8 Å². The number of fused-ring (bicyclic) bond motifs is 1. The maximum atomic E-state index is 12.8. The van der Waals surface area contributed by atoms with Crippen LogP contribution in [0.1, 0.15) is 5.56 Å². The molecule has 0 unspecified atom stereocenters. The molecule has 3 aromatic rings. The number of benzene rings is 1. The van der Waals surface area contributed by atoms with E-state index in [4.69, 9.17) is 0 Å². The van der Waals surface area contributed by atoms with E-state index in [-0.39, 0.29) is 0 Å². The van der Waals surface area contributed by atoms with Gasteiger partial charge < -0.3 is 0 Å². The van der Waals surface area contributed by atoms with Crippen molar-refractivity contribution < 1.29 is 4.39 Å². The molecule has 0 saturated heterocycles. The zero-order chi connectivity index (χ0) is 11.7. The number of aromatic nitrogens is 3. The summed E-state index contributed by atoms with van der Waals surface area (Å²) in [5.74, 6) is 0. The second-order valence-corrected chi connectivity index (χ2v) is 3.75. The zero-order valence-corrected chi connectivity index (χ0v) is 9.05. The molecular formula is C13H10FN3. The molecule has 3 rings (SSSR count). The quantitative estimate of drug-likeness (QED) is 0.674. The van der Waals surface area contributed by atoms with Crippen molar-refractivity contribution >= 4 is 10.9 Å². The van der Waals surface area contributed by atoms with Gasteiger partial charge in [0.2, 0.25) is 0 Å². The fourth-order valence-electron chi connectivity index (χ4n) is 1.91. The maximum absolute atomic E-state index is 12.8. The Hall–Kier alpha value is -2.23. The molecule has 2 heterocycles. The topological polar surface area (TPSA) is 30.7 Å². The number of pyridine rings is 1. The minimum Gasteiger partial charge on any atom is -0.262 e. The van der Waals surface area contributed by atoms with Crippen molar-refractivity contribution in [2.24, 2.45) is 0 Å². The summed E-state index contributed by atoms with van der Waals surface area (Å²) in [4.78, 5) is 4.06. The van der Waals surface area contributed by atoms with E-state index in [1.807, 2.05) is 24.3 Å². The first-order chi connectivity index (χ1) is 8.40. The minimum absolute atomic E-state index is 0.476. The average Bonchev–Trinajstić information content (AvgIpc) is 2.83. The molecule has 0 aliphatic rings. The van der Waals surface area contributed by atoms with Crippen molar-refractivity contribution in [3.05, 3.63) is 54.5 Å². The summed E-state index contributed by atoms with van der Waals surface area (Å²) in [7, 11) is 0. The molecule has 84 valence electrons. The summed E-state index contributed by atoms with van der Waals surface area (Å²) in [6.07, 6.45) is 5.13. The third kappa shape index (κ3) is 1.58. The van der Waals surface area contributed by atoms with E-state index in [1.165, 1.54) is 0 Å². The Balaban J connectivity index is 2.26. The first-order valence-corrected chi connectivity index (χ1v) is 5.32. The van der Waals surface area contributed by atoms with Gasteiger partial charge in [0.25, 0.3) is 0 Å². The molecule has 0 spiro atoms. The standard InChI is InChI=1S/C13H10FN3/c14-7-10-3-1-5-13-12(10)9-16-17(13)11-4-2-6-15-8-11/h1-6,8-9H,7H2. The Kier molecular flexibility index (Phi) is 2.33. The molecular weight excluding hydrogens is 217 g/mol. The second kappa shape index (κ2) is 3.97. The maximum Gasteiger partial charge on any atom is 0.115 e. The fraction of sp³-hybridized carbons (Fsp3) is 0.0769. The summed E-state index contributed by atoms with van der Waals surface area (Å²) < 4.78 is 14.6. The number of hydrogen-bond donors (Lipinski definition) is 0. The molecule has 2 aromatic heterocycles. The normalized spacial score (nSPS) is 10.9. The van der Waals surface area contributed by atoms with Crippen molar-refractivity contribution in [1.29, 1.82) is 0 Å². The predicted octanol–water partition coefficient (Wildman–Crippen LogP) is 2.89. The van der Waals surface area contributed by atoms with Gasteiger partial charge in [-0.1, -0.05) is 12.1 Å². The monoisotopic (exact) mass is 227 g/mol. The lowest BCUT2D eigenvalue weighted by molar-refractivity contribution is 0.488. The van der Waals surface area contributed by atoms with Crippen LogP contribution in [0, 0.1) is 0 Å². The fourth-order valence-corrected chi connectivity index (χ4v) is 1.91. The van der Waals surface area contributed by atoms with E-state index in [2.05, 4.69) is 10.1 Å². The highest BCUT2D eigenvalue weighted by Crippen LogP contribution is 2.21. The number of nitrogens with zero attached hydrogens (tertiary/aromatic N) is 3. The van der Waals surface area contributed by atoms with Gasteiger partial charge in [-0.05, 0) is 23.8 Å². The first-order valence-electron chi connectivity index (χ1n) is 5.32. The van der Waals surface area contributed by atoms with Crippen LogP contribution in [0.5, 0.6) is 0 Å². The van der Waals surface area contributed by atoms with Gasteiger partial charge in [0, 0.05) is 11.6 Å². The second-order valence-electron chi connectivity index (χ2n) is 3.75. The van der Waals surface area contributed by atoms with Gasteiger partial charge in [-0.15, -0.1) is 0 Å². The molecule has 0 radical (unpaired) electrons. The molecule has 0 atom stereocenters. The largest absolute Gasteiger partial charge is 0.262 e. The van der Waals surface area contributed by atoms with E-state index in [0.717, 1.165) is 16.6 Å². The summed E-state index contributed by atoms with van der Waals surface area (Å²) >= 11 is 0. The Morgan fingerprint density at radius 1 is 1.12 bits per heavy atom. The summed E-state index contributed by atoms with van der Waals surface area (Å²) in [6.45, 7) is -0.476. The molecule has 4 heteroatoms. The third-order valence-electron chi connectivity index (χ3n) is 2.74. The lowest BCUT2D eigenvalue weighted by atomic mass is 10.1. The molecule has 0 aliphatic heterocycles. The molecule has 3 nitrogen and oxygen atoms in total. The van der Waals surface area contributed by atoms with Crippen LogP contribution in [0.2, 0.25) is 0 Å². The Morgan fingerprint density at radius 3 is 2.82 bits per heavy atom. The number of halogens is 1. The van der Waals surface area contributed by atoms with Crippen molar-refractivity contribution in [3.63, 3.8) is 0 Å². The molecule has 0 N–H and O–H groups in total. The molecule has 0 saturated carbocycles. The van der Waals surface area contributed by atoms with E-state index >= 15 is 0 Å². The van der Waals surface area contributed by atoms with Crippen LogP contribution >= 0.6 is 0 Å². The Morgan fingerprint density at radius 2 is 2.06 bits per heavy atom. The Labute approximate surface area is 97.5 Å². The molecule has 0 amide bonds. The lowest BCUT2D eigenvalue weighted by Gasteiger charge is -2.03.